The Labute approximate surface area is 68.9 Å². The van der Waals surface area contributed by atoms with Crippen LogP contribution in [0.1, 0.15) is 5.56 Å². The van der Waals surface area contributed by atoms with Gasteiger partial charge in [0.05, 0.1) is 0 Å². The fourth-order valence-corrected chi connectivity index (χ4v) is 1.07. The molecule has 0 amide bonds. The Morgan fingerprint density at radius 2 is 2.00 bits per heavy atom. The lowest BCUT2D eigenvalue weighted by Crippen LogP contribution is -2.28. The summed E-state index contributed by atoms with van der Waals surface area (Å²) in [5, 5.41) is 0. The molecule has 0 bridgehead atoms. The van der Waals surface area contributed by atoms with Crippen molar-refractivity contribution < 1.29 is 4.57 Å². The van der Waals surface area contributed by atoms with Crippen LogP contribution in [0.2, 0.25) is 0 Å². The molecule has 9 heavy (non-hydrogen) atoms. The second-order valence-corrected chi connectivity index (χ2v) is 2.69. The predicted molar refractivity (Wildman–Crippen MR) is 45.4 cm³/mol. The predicted octanol–water partition coefficient (Wildman–Crippen LogP) is 1.68. The first kappa shape index (κ1) is 6.99. The zero-order valence-electron chi connectivity index (χ0n) is 5.34. The third kappa shape index (κ3) is 1.93. The smallest absolute Gasteiger partial charge is 0.196 e. The molecule has 0 saturated carbocycles. The van der Waals surface area contributed by atoms with Crippen LogP contribution < -0.4 is 4.57 Å². The summed E-state index contributed by atoms with van der Waals surface area (Å²) in [6.45, 7) is 2.09. The SMILES string of the molecule is Cc1cc[n+](CI)cc1. The number of rotatable bonds is 1. The van der Waals surface area contributed by atoms with E-state index < -0.39 is 0 Å². The van der Waals surface area contributed by atoms with E-state index in [1.165, 1.54) is 5.56 Å². The molecule has 2 heteroatoms. The van der Waals surface area contributed by atoms with Gasteiger partial charge in [-0.05, 0) is 35.1 Å². The van der Waals surface area contributed by atoms with E-state index in [0.717, 1.165) is 4.55 Å². The molecule has 0 N–H and O–H groups in total. The fourth-order valence-electron chi connectivity index (χ4n) is 0.612. The molecule has 1 heterocycles. The van der Waals surface area contributed by atoms with Gasteiger partial charge in [0.2, 0.25) is 0 Å². The van der Waals surface area contributed by atoms with Gasteiger partial charge in [0.25, 0.3) is 0 Å². The second-order valence-electron chi connectivity index (χ2n) is 2.01. The maximum atomic E-state index is 2.33. The van der Waals surface area contributed by atoms with Crippen molar-refractivity contribution in [2.45, 2.75) is 11.5 Å². The summed E-state index contributed by atoms with van der Waals surface area (Å²) in [5.74, 6) is 0. The average molecular weight is 234 g/mol. The van der Waals surface area contributed by atoms with Crippen LogP contribution >= 0.6 is 22.6 Å². The van der Waals surface area contributed by atoms with Crippen molar-refractivity contribution in [3.63, 3.8) is 0 Å². The van der Waals surface area contributed by atoms with E-state index in [1.807, 2.05) is 0 Å². The highest BCUT2D eigenvalue weighted by atomic mass is 127. The molecule has 0 aliphatic rings. The monoisotopic (exact) mass is 234 g/mol. The Kier molecular flexibility index (Phi) is 2.45. The Balaban J connectivity index is 2.88. The summed E-state index contributed by atoms with van der Waals surface area (Å²) >= 11 is 2.33. The third-order valence-corrected chi connectivity index (χ3v) is 1.98. The largest absolute Gasteiger partial charge is 0.197 e. The van der Waals surface area contributed by atoms with Crippen molar-refractivity contribution in [3.8, 4) is 0 Å². The number of hydrogen-bond donors (Lipinski definition) is 0. The van der Waals surface area contributed by atoms with Crippen molar-refractivity contribution in [1.29, 1.82) is 0 Å². The molecule has 0 spiro atoms. The summed E-state index contributed by atoms with van der Waals surface area (Å²) in [6, 6.07) is 4.22. The van der Waals surface area contributed by atoms with Crippen LogP contribution in [0.5, 0.6) is 0 Å². The lowest BCUT2D eigenvalue weighted by molar-refractivity contribution is -0.670. The van der Waals surface area contributed by atoms with Gasteiger partial charge in [-0.2, -0.15) is 4.57 Å². The van der Waals surface area contributed by atoms with Gasteiger partial charge in [-0.25, -0.2) is 0 Å². The second kappa shape index (κ2) is 3.15. The number of hydrogen-bond acceptors (Lipinski definition) is 0. The summed E-state index contributed by atoms with van der Waals surface area (Å²) in [7, 11) is 0. The number of pyridine rings is 1. The van der Waals surface area contributed by atoms with Crippen molar-refractivity contribution in [3.05, 3.63) is 30.1 Å². The minimum absolute atomic E-state index is 1.03. The molecule has 48 valence electrons. The van der Waals surface area contributed by atoms with Crippen molar-refractivity contribution in [2.75, 3.05) is 0 Å². The number of aryl methyl sites for hydroxylation is 1. The molecule has 0 radical (unpaired) electrons. The first-order valence-electron chi connectivity index (χ1n) is 2.84. The number of halogens is 1. The summed E-state index contributed by atoms with van der Waals surface area (Å²) in [4.78, 5) is 0. The topological polar surface area (TPSA) is 3.88 Å². The van der Waals surface area contributed by atoms with Crippen molar-refractivity contribution >= 4 is 22.6 Å². The van der Waals surface area contributed by atoms with Gasteiger partial charge in [0, 0.05) is 12.1 Å². The Hall–Kier alpha value is -0.120. The molecule has 0 fully saturated rings. The van der Waals surface area contributed by atoms with Gasteiger partial charge < -0.3 is 0 Å². The van der Waals surface area contributed by atoms with Gasteiger partial charge in [0.15, 0.2) is 16.9 Å². The van der Waals surface area contributed by atoms with Crippen LogP contribution in [0.15, 0.2) is 24.5 Å². The van der Waals surface area contributed by atoms with Gasteiger partial charge in [-0.1, -0.05) is 0 Å². The van der Waals surface area contributed by atoms with Crippen LogP contribution in [-0.4, -0.2) is 0 Å². The number of nitrogens with zero attached hydrogens (tertiary/aromatic N) is 1. The Bertz CT molecular complexity index is 181. The highest BCUT2D eigenvalue weighted by Gasteiger charge is 1.91. The van der Waals surface area contributed by atoms with E-state index >= 15 is 0 Å². The third-order valence-electron chi connectivity index (χ3n) is 1.20. The van der Waals surface area contributed by atoms with E-state index in [2.05, 4.69) is 58.6 Å². The normalized spacial score (nSPS) is 9.56. The summed E-state index contributed by atoms with van der Waals surface area (Å²) in [5.41, 5.74) is 1.32. The standard InChI is InChI=1S/C7H9IN/c1-7-2-4-9(6-8)5-3-7/h2-5H,6H2,1H3/q+1. The maximum absolute atomic E-state index is 2.33. The van der Waals surface area contributed by atoms with Crippen LogP contribution in [-0.2, 0) is 4.55 Å². The van der Waals surface area contributed by atoms with E-state index in [0.29, 0.717) is 0 Å². The molecular weight excluding hydrogens is 225 g/mol. The minimum Gasteiger partial charge on any atom is -0.196 e. The van der Waals surface area contributed by atoms with E-state index in [4.69, 9.17) is 0 Å². The van der Waals surface area contributed by atoms with Gasteiger partial charge >= 0.3 is 0 Å². The Morgan fingerprint density at radius 3 is 2.44 bits per heavy atom. The van der Waals surface area contributed by atoms with Crippen LogP contribution in [0.3, 0.4) is 0 Å². The van der Waals surface area contributed by atoms with Crippen LogP contribution in [0, 0.1) is 6.92 Å². The highest BCUT2D eigenvalue weighted by molar-refractivity contribution is 14.1. The highest BCUT2D eigenvalue weighted by Crippen LogP contribution is 1.90. The first-order chi connectivity index (χ1) is 4.33. The van der Waals surface area contributed by atoms with E-state index in [9.17, 15) is 0 Å². The van der Waals surface area contributed by atoms with Gasteiger partial charge in [-0.3, -0.25) is 0 Å². The molecule has 1 rings (SSSR count). The lowest BCUT2D eigenvalue weighted by Gasteiger charge is -1.88. The zero-order valence-corrected chi connectivity index (χ0v) is 7.50. The maximum Gasteiger partial charge on any atom is 0.197 e. The first-order valence-corrected chi connectivity index (χ1v) is 4.37. The zero-order chi connectivity index (χ0) is 6.69. The number of aromatic nitrogens is 1. The van der Waals surface area contributed by atoms with Crippen molar-refractivity contribution in [2.24, 2.45) is 0 Å². The molecule has 1 nitrogen and oxygen atoms in total. The molecule has 0 unspecified atom stereocenters. The van der Waals surface area contributed by atoms with Gasteiger partial charge in [-0.15, -0.1) is 0 Å². The van der Waals surface area contributed by atoms with E-state index in [1.54, 1.807) is 0 Å². The van der Waals surface area contributed by atoms with Crippen molar-refractivity contribution in [1.82, 2.24) is 0 Å². The molecule has 0 saturated heterocycles. The van der Waals surface area contributed by atoms with E-state index in [-0.39, 0.29) is 0 Å². The molecular formula is C7H9IN+. The molecule has 1 aromatic rings. The van der Waals surface area contributed by atoms with Crippen LogP contribution in [0.4, 0.5) is 0 Å². The Morgan fingerprint density at radius 1 is 1.44 bits per heavy atom. The molecule has 1 aromatic heterocycles. The molecule has 0 atom stereocenters. The fraction of sp³-hybridized carbons (Fsp3) is 0.286. The number of alkyl halides is 1. The quantitative estimate of drug-likeness (QED) is 0.395. The molecule has 0 aromatic carbocycles. The minimum atomic E-state index is 1.03. The lowest BCUT2D eigenvalue weighted by atomic mass is 10.3. The molecule has 0 aliphatic carbocycles. The average Bonchev–Trinajstić information content (AvgIpc) is 1.90. The summed E-state index contributed by atoms with van der Waals surface area (Å²) < 4.78 is 3.16. The van der Waals surface area contributed by atoms with Gasteiger partial charge in [0.1, 0.15) is 0 Å². The molecule has 0 aliphatic heterocycles. The summed E-state index contributed by atoms with van der Waals surface area (Å²) in [6.07, 6.45) is 4.17. The van der Waals surface area contributed by atoms with Crippen LogP contribution in [0.25, 0.3) is 0 Å².